The molecular weight excluding hydrogens is 506 g/mol. The Kier molecular flexibility index (Phi) is 6.72. The highest BCUT2D eigenvalue weighted by Gasteiger charge is 2.50. The molecule has 3 aromatic rings. The van der Waals surface area contributed by atoms with Crippen LogP contribution in [0.25, 0.3) is 10.9 Å². The van der Waals surface area contributed by atoms with E-state index in [1.165, 1.54) is 6.42 Å². The van der Waals surface area contributed by atoms with Crippen molar-refractivity contribution in [3.63, 3.8) is 0 Å². The topological polar surface area (TPSA) is 115 Å². The van der Waals surface area contributed by atoms with Crippen molar-refractivity contribution in [2.45, 2.75) is 64.6 Å². The number of piperidine rings is 1. The molecule has 0 radical (unpaired) electrons. The van der Waals surface area contributed by atoms with E-state index in [9.17, 15) is 14.4 Å². The number of hydrogen-bond acceptors (Lipinski definition) is 6. The van der Waals surface area contributed by atoms with Crippen LogP contribution < -0.4 is 10.2 Å². The molecule has 3 amide bonds. The quantitative estimate of drug-likeness (QED) is 0.511. The number of H-pyrrole nitrogens is 1. The van der Waals surface area contributed by atoms with Gasteiger partial charge in [0.1, 0.15) is 11.7 Å². The summed E-state index contributed by atoms with van der Waals surface area (Å²) in [6.45, 7) is 8.74. The first-order valence-corrected chi connectivity index (χ1v) is 14.3. The van der Waals surface area contributed by atoms with Gasteiger partial charge >= 0.3 is 0 Å². The number of carbonyl (C=O) groups is 3. The average molecular weight is 544 g/mol. The van der Waals surface area contributed by atoms with Crippen molar-refractivity contribution < 1.29 is 14.4 Å². The van der Waals surface area contributed by atoms with Gasteiger partial charge in [0.2, 0.25) is 11.7 Å². The lowest BCUT2D eigenvalue weighted by atomic mass is 9.85. The van der Waals surface area contributed by atoms with E-state index in [2.05, 4.69) is 25.2 Å². The molecule has 3 fully saturated rings. The summed E-state index contributed by atoms with van der Waals surface area (Å²) < 4.78 is 0. The highest BCUT2D eigenvalue weighted by Crippen LogP contribution is 2.34. The molecule has 0 spiro atoms. The molecule has 3 aliphatic rings. The van der Waals surface area contributed by atoms with Crippen LogP contribution in [0.4, 0.5) is 5.69 Å². The average Bonchev–Trinajstić information content (AvgIpc) is 3.69. The van der Waals surface area contributed by atoms with E-state index >= 15 is 0 Å². The molecule has 6 rings (SSSR count). The number of carbonyl (C=O) groups excluding carboxylic acids is 3. The summed E-state index contributed by atoms with van der Waals surface area (Å²) in [5, 5.41) is 3.94. The molecule has 3 aliphatic heterocycles. The lowest BCUT2D eigenvalue weighted by Crippen LogP contribution is -2.59. The van der Waals surface area contributed by atoms with Crippen molar-refractivity contribution in [2.75, 3.05) is 31.1 Å². The van der Waals surface area contributed by atoms with Gasteiger partial charge in [0.15, 0.2) is 0 Å². The van der Waals surface area contributed by atoms with Crippen LogP contribution in [0.15, 0.2) is 42.7 Å². The first kappa shape index (κ1) is 26.3. The SMILES string of the molecule is CC(C)(C)[C@H](NC(=O)c1cc2ccccc2[nH]1)C(=O)N1C[C@@H]2C[C@H]1CN2C(=O)c1ncc(N2CCCCC2)cn1. The monoisotopic (exact) mass is 543 g/mol. The highest BCUT2D eigenvalue weighted by atomic mass is 16.2. The van der Waals surface area contributed by atoms with Crippen LogP contribution in [-0.4, -0.2) is 86.8 Å². The Labute approximate surface area is 234 Å². The molecule has 40 heavy (non-hydrogen) atoms. The van der Waals surface area contributed by atoms with Crippen molar-refractivity contribution in [3.8, 4) is 0 Å². The minimum Gasteiger partial charge on any atom is -0.369 e. The molecule has 1 aromatic carbocycles. The maximum absolute atomic E-state index is 13.8. The molecular formula is C30H37N7O3. The van der Waals surface area contributed by atoms with E-state index in [-0.39, 0.29) is 35.6 Å². The lowest BCUT2D eigenvalue weighted by Gasteiger charge is -2.39. The van der Waals surface area contributed by atoms with Crippen LogP contribution >= 0.6 is 0 Å². The molecule has 5 heterocycles. The van der Waals surface area contributed by atoms with Crippen molar-refractivity contribution in [2.24, 2.45) is 5.41 Å². The molecule has 2 N–H and O–H groups in total. The van der Waals surface area contributed by atoms with Crippen LogP contribution in [-0.2, 0) is 4.79 Å². The van der Waals surface area contributed by atoms with Gasteiger partial charge in [-0.15, -0.1) is 0 Å². The Morgan fingerprint density at radius 3 is 2.30 bits per heavy atom. The highest BCUT2D eigenvalue weighted by molar-refractivity contribution is 6.00. The number of nitrogens with zero attached hydrogens (tertiary/aromatic N) is 5. The number of rotatable bonds is 5. The van der Waals surface area contributed by atoms with Gasteiger partial charge < -0.3 is 25.0 Å². The standard InChI is InChI=1S/C30H37N7O3/c1-30(2,3)25(34-27(38)24-13-19-9-5-6-10-23(19)33-24)28(39)36-17-21-14-20(36)18-37(21)29(40)26-31-15-22(16-32-26)35-11-7-4-8-12-35/h5-6,9-10,13,15-16,20-21,25,33H,4,7-8,11-12,14,17-18H2,1-3H3,(H,34,38)/t20-,21-,25+/m0/s1. The summed E-state index contributed by atoms with van der Waals surface area (Å²) in [6, 6.07) is 8.61. The minimum absolute atomic E-state index is 0.0863. The van der Waals surface area contributed by atoms with E-state index in [1.807, 2.05) is 49.9 Å². The molecule has 10 heteroatoms. The second-order valence-corrected chi connectivity index (χ2v) is 12.3. The Morgan fingerprint density at radius 2 is 1.65 bits per heavy atom. The molecule has 210 valence electrons. The number of fused-ring (bicyclic) bond motifs is 3. The molecule has 10 nitrogen and oxygen atoms in total. The van der Waals surface area contributed by atoms with Crippen LogP contribution in [0.2, 0.25) is 0 Å². The van der Waals surface area contributed by atoms with E-state index in [4.69, 9.17) is 0 Å². The fourth-order valence-corrected chi connectivity index (χ4v) is 6.28. The third kappa shape index (κ3) is 4.91. The molecule has 0 aliphatic carbocycles. The molecule has 0 saturated carbocycles. The molecule has 3 atom stereocenters. The van der Waals surface area contributed by atoms with Crippen LogP contribution in [0.5, 0.6) is 0 Å². The summed E-state index contributed by atoms with van der Waals surface area (Å²) >= 11 is 0. The zero-order valence-corrected chi connectivity index (χ0v) is 23.4. The third-order valence-corrected chi connectivity index (χ3v) is 8.50. The number of piperazine rings is 1. The first-order valence-electron chi connectivity index (χ1n) is 14.3. The largest absolute Gasteiger partial charge is 0.369 e. The maximum atomic E-state index is 13.8. The lowest BCUT2D eigenvalue weighted by molar-refractivity contribution is -0.138. The smallest absolute Gasteiger partial charge is 0.292 e. The zero-order valence-electron chi connectivity index (χ0n) is 23.4. The predicted octanol–water partition coefficient (Wildman–Crippen LogP) is 3.22. The summed E-state index contributed by atoms with van der Waals surface area (Å²) in [4.78, 5) is 58.2. The Balaban J connectivity index is 1.11. The van der Waals surface area contributed by atoms with Gasteiger partial charge in [0, 0.05) is 37.1 Å². The number of likely N-dealkylation sites (tertiary alicyclic amines) is 2. The van der Waals surface area contributed by atoms with E-state index in [0.29, 0.717) is 18.8 Å². The third-order valence-electron chi connectivity index (χ3n) is 8.50. The van der Waals surface area contributed by atoms with Gasteiger partial charge in [-0.25, -0.2) is 9.97 Å². The van der Waals surface area contributed by atoms with E-state index < -0.39 is 11.5 Å². The van der Waals surface area contributed by atoms with Crippen molar-refractivity contribution >= 4 is 34.3 Å². The van der Waals surface area contributed by atoms with E-state index in [1.54, 1.807) is 23.4 Å². The second kappa shape index (κ2) is 10.2. The Morgan fingerprint density at radius 1 is 0.975 bits per heavy atom. The van der Waals surface area contributed by atoms with E-state index in [0.717, 1.165) is 48.9 Å². The van der Waals surface area contributed by atoms with Crippen molar-refractivity contribution in [1.82, 2.24) is 30.1 Å². The van der Waals surface area contributed by atoms with Gasteiger partial charge in [-0.2, -0.15) is 0 Å². The summed E-state index contributed by atoms with van der Waals surface area (Å²) in [7, 11) is 0. The van der Waals surface area contributed by atoms with Crippen LogP contribution in [0, 0.1) is 5.41 Å². The van der Waals surface area contributed by atoms with Crippen LogP contribution in [0.3, 0.4) is 0 Å². The molecule has 3 saturated heterocycles. The summed E-state index contributed by atoms with van der Waals surface area (Å²) in [5.41, 5.74) is 1.76. The van der Waals surface area contributed by atoms with Gasteiger partial charge in [-0.3, -0.25) is 14.4 Å². The number of benzene rings is 1. The second-order valence-electron chi connectivity index (χ2n) is 12.3. The minimum atomic E-state index is -0.708. The normalized spacial score (nSPS) is 21.6. The number of aromatic nitrogens is 3. The predicted molar refractivity (Wildman–Crippen MR) is 152 cm³/mol. The van der Waals surface area contributed by atoms with Gasteiger partial charge in [-0.1, -0.05) is 39.0 Å². The fraction of sp³-hybridized carbons (Fsp3) is 0.500. The summed E-state index contributed by atoms with van der Waals surface area (Å²) in [6.07, 6.45) is 7.79. The maximum Gasteiger partial charge on any atom is 0.292 e. The van der Waals surface area contributed by atoms with Crippen molar-refractivity contribution in [3.05, 3.63) is 54.2 Å². The number of hydrogen-bond donors (Lipinski definition) is 2. The van der Waals surface area contributed by atoms with Crippen LogP contribution in [0.1, 0.15) is 67.6 Å². The van der Waals surface area contributed by atoms with Gasteiger partial charge in [-0.05, 0) is 43.2 Å². The number of anilines is 1. The molecule has 2 aromatic heterocycles. The first-order chi connectivity index (χ1) is 19.2. The summed E-state index contributed by atoms with van der Waals surface area (Å²) in [5.74, 6) is -0.414. The zero-order chi connectivity index (χ0) is 28.0. The number of para-hydroxylation sites is 1. The number of nitrogens with one attached hydrogen (secondary N) is 2. The van der Waals surface area contributed by atoms with Gasteiger partial charge in [0.25, 0.3) is 11.8 Å². The molecule has 0 unspecified atom stereocenters. The van der Waals surface area contributed by atoms with Crippen molar-refractivity contribution in [1.29, 1.82) is 0 Å². The molecule has 2 bridgehead atoms. The number of amides is 3. The van der Waals surface area contributed by atoms with Gasteiger partial charge in [0.05, 0.1) is 30.2 Å². The Bertz CT molecular complexity index is 1390. The Hall–Kier alpha value is -3.95. The number of aromatic amines is 1. The fourth-order valence-electron chi connectivity index (χ4n) is 6.28.